The van der Waals surface area contributed by atoms with Crippen LogP contribution in [0.1, 0.15) is 6.92 Å². The van der Waals surface area contributed by atoms with Crippen LogP contribution in [0.25, 0.3) is 0 Å². The number of hydrogen-bond donors (Lipinski definition) is 2. The zero-order chi connectivity index (χ0) is 8.15. The smallest absolute Gasteiger partial charge is 0.412 e. The summed E-state index contributed by atoms with van der Waals surface area (Å²) in [5.74, 6) is 0. The Kier molecular flexibility index (Phi) is 10.1. The molecule has 0 saturated carbocycles. The van der Waals surface area contributed by atoms with Crippen molar-refractivity contribution in [2.24, 2.45) is 0 Å². The molecular formula is C4H6MgN2S4. The van der Waals surface area contributed by atoms with E-state index in [2.05, 4.69) is 60.3 Å². The zero-order valence-corrected chi connectivity index (χ0v) is 10.6. The van der Waals surface area contributed by atoms with Crippen molar-refractivity contribution in [2.45, 2.75) is 13.1 Å². The molecule has 0 aromatic carbocycles. The van der Waals surface area contributed by atoms with Crippen molar-refractivity contribution >= 4 is 81.4 Å². The summed E-state index contributed by atoms with van der Waals surface area (Å²) in [5, 5.41) is 5.51. The Morgan fingerprint density at radius 3 is 1.64 bits per heavy atom. The quantitative estimate of drug-likeness (QED) is 0.297. The van der Waals surface area contributed by atoms with Crippen molar-refractivity contribution in [1.29, 1.82) is 0 Å². The van der Waals surface area contributed by atoms with Gasteiger partial charge in [-0.1, -0.05) is 8.64 Å². The van der Waals surface area contributed by atoms with E-state index in [-0.39, 0.29) is 29.2 Å². The van der Waals surface area contributed by atoms with Gasteiger partial charge in [0.25, 0.3) is 0 Å². The zero-order valence-electron chi connectivity index (χ0n) is 5.92. The first-order chi connectivity index (χ1) is 4.52. The third-order valence-corrected chi connectivity index (χ3v) is 1.14. The summed E-state index contributed by atoms with van der Waals surface area (Å²) in [6, 6.07) is 0. The molecule has 2 N–H and O–H groups in total. The molecule has 0 rings (SSSR count). The van der Waals surface area contributed by atoms with E-state index in [0.717, 1.165) is 0 Å². The van der Waals surface area contributed by atoms with Crippen LogP contribution in [-0.4, -0.2) is 37.9 Å². The molecule has 0 aromatic rings. The Labute approximate surface area is 104 Å². The second-order valence-corrected chi connectivity index (χ2v) is 3.74. The monoisotopic (exact) mass is 234 g/mol. The van der Waals surface area contributed by atoms with Gasteiger partial charge in [0, 0.05) is 0 Å². The van der Waals surface area contributed by atoms with Crippen molar-refractivity contribution in [3.05, 3.63) is 0 Å². The van der Waals surface area contributed by atoms with Gasteiger partial charge in [-0.3, -0.25) is 0 Å². The molecule has 7 heteroatoms. The Hall–Kier alpha value is 0.986. The van der Waals surface area contributed by atoms with Gasteiger partial charge < -0.3 is 60.3 Å². The van der Waals surface area contributed by atoms with E-state index in [4.69, 9.17) is 0 Å². The van der Waals surface area contributed by atoms with Crippen LogP contribution < -0.4 is 10.6 Å². The maximum Gasteiger partial charge on any atom is 2.00 e. The van der Waals surface area contributed by atoms with Gasteiger partial charge in [-0.05, 0) is 6.92 Å². The van der Waals surface area contributed by atoms with Gasteiger partial charge in [-0.25, -0.2) is 0 Å². The van der Waals surface area contributed by atoms with Crippen molar-refractivity contribution in [3.8, 4) is 0 Å². The predicted octanol–water partition coefficient (Wildman–Crippen LogP) is -0.206. The van der Waals surface area contributed by atoms with E-state index in [1.165, 1.54) is 0 Å². The van der Waals surface area contributed by atoms with E-state index in [9.17, 15) is 0 Å². The topological polar surface area (TPSA) is 24.1 Å². The molecule has 0 heterocycles. The Balaban J connectivity index is 0. The molecule has 0 unspecified atom stereocenters. The summed E-state index contributed by atoms with van der Waals surface area (Å²) in [6.07, 6.45) is -0.0741. The minimum absolute atomic E-state index is 0. The first-order valence-corrected chi connectivity index (χ1v) is 4.10. The molecule has 0 atom stereocenters. The second-order valence-electron chi connectivity index (χ2n) is 1.59. The molecule has 0 amide bonds. The van der Waals surface area contributed by atoms with Crippen LogP contribution >= 0.6 is 24.4 Å². The summed E-state index contributed by atoms with van der Waals surface area (Å²) >= 11 is 18.4. The van der Waals surface area contributed by atoms with E-state index in [1.54, 1.807) is 0 Å². The molecule has 0 aliphatic rings. The Morgan fingerprint density at radius 2 is 1.45 bits per heavy atom. The first kappa shape index (κ1) is 14.5. The molecule has 11 heavy (non-hydrogen) atoms. The summed E-state index contributed by atoms with van der Waals surface area (Å²) in [7, 11) is 0. The van der Waals surface area contributed by atoms with E-state index >= 15 is 0 Å². The third-order valence-electron chi connectivity index (χ3n) is 0.669. The number of thiocarbonyl (C=S) groups is 2. The van der Waals surface area contributed by atoms with Gasteiger partial charge in [0.15, 0.2) is 0 Å². The first-order valence-electron chi connectivity index (χ1n) is 2.47. The molecule has 58 valence electrons. The molecule has 0 saturated heterocycles. The summed E-state index contributed by atoms with van der Waals surface area (Å²) in [6.45, 7) is 1.83. The van der Waals surface area contributed by atoms with E-state index in [0.29, 0.717) is 8.64 Å². The van der Waals surface area contributed by atoms with Crippen LogP contribution in [0.5, 0.6) is 0 Å². The largest absolute Gasteiger partial charge is 2.00 e. The summed E-state index contributed by atoms with van der Waals surface area (Å²) < 4.78 is 0.623. The molecule has 0 radical (unpaired) electrons. The van der Waals surface area contributed by atoms with Crippen LogP contribution in [-0.2, 0) is 25.3 Å². The van der Waals surface area contributed by atoms with Gasteiger partial charge in [0.2, 0.25) is 0 Å². The van der Waals surface area contributed by atoms with Crippen LogP contribution in [0.3, 0.4) is 0 Å². The van der Waals surface area contributed by atoms with Crippen molar-refractivity contribution in [2.75, 3.05) is 0 Å². The van der Waals surface area contributed by atoms with Crippen molar-refractivity contribution in [3.63, 3.8) is 0 Å². The van der Waals surface area contributed by atoms with E-state index in [1.807, 2.05) is 6.92 Å². The van der Waals surface area contributed by atoms with Gasteiger partial charge >= 0.3 is 23.1 Å². The molecule has 0 spiro atoms. The minimum atomic E-state index is -0.0741. The van der Waals surface area contributed by atoms with Crippen molar-refractivity contribution in [1.82, 2.24) is 10.6 Å². The van der Waals surface area contributed by atoms with Crippen LogP contribution in [0.15, 0.2) is 0 Å². The molecule has 0 aliphatic carbocycles. The predicted molar refractivity (Wildman–Crippen MR) is 61.4 cm³/mol. The average molecular weight is 235 g/mol. The van der Waals surface area contributed by atoms with E-state index < -0.39 is 0 Å². The Bertz CT molecular complexity index is 135. The fourth-order valence-electron chi connectivity index (χ4n) is 0.390. The third kappa shape index (κ3) is 11.0. The number of rotatable bonds is 2. The standard InChI is InChI=1S/C4H8N2S4.Mg/c1-2(5-3(7)8)6-4(9)10;/h2H,1H3,(H2,5,7,8)(H2,6,9,10);/q;+2/p-2. The average Bonchev–Trinajstić information content (AvgIpc) is 1.58. The molecule has 2 nitrogen and oxygen atoms in total. The summed E-state index contributed by atoms with van der Waals surface area (Å²) in [5.41, 5.74) is 0. The molecule has 0 aliphatic heterocycles. The molecule has 0 aromatic heterocycles. The van der Waals surface area contributed by atoms with Gasteiger partial charge in [0.1, 0.15) is 0 Å². The number of hydrogen-bond acceptors (Lipinski definition) is 4. The normalized spacial score (nSPS) is 8.18. The van der Waals surface area contributed by atoms with Crippen LogP contribution in [0.2, 0.25) is 0 Å². The second kappa shape index (κ2) is 7.63. The maximum atomic E-state index is 4.61. The number of nitrogens with one attached hydrogen (secondary N) is 2. The molecular weight excluding hydrogens is 229 g/mol. The SMILES string of the molecule is CC(NC(=S)[S-])NC(=S)[S-].[Mg+2]. The van der Waals surface area contributed by atoms with Gasteiger partial charge in [-0.2, -0.15) is 0 Å². The maximum absolute atomic E-state index is 4.61. The molecule has 0 fully saturated rings. The molecule has 0 bridgehead atoms. The fourth-order valence-corrected chi connectivity index (χ4v) is 1.10. The van der Waals surface area contributed by atoms with Crippen molar-refractivity contribution < 1.29 is 0 Å². The Morgan fingerprint density at radius 1 is 1.18 bits per heavy atom. The fraction of sp³-hybridized carbons (Fsp3) is 0.500. The van der Waals surface area contributed by atoms with Crippen LogP contribution in [0, 0.1) is 0 Å². The van der Waals surface area contributed by atoms with Crippen LogP contribution in [0.4, 0.5) is 0 Å². The summed E-state index contributed by atoms with van der Waals surface area (Å²) in [4.78, 5) is 0. The minimum Gasteiger partial charge on any atom is -0.412 e. The van der Waals surface area contributed by atoms with Gasteiger partial charge in [-0.15, -0.1) is 0 Å². The van der Waals surface area contributed by atoms with Gasteiger partial charge in [0.05, 0.1) is 6.17 Å².